The summed E-state index contributed by atoms with van der Waals surface area (Å²) in [7, 11) is 0. The predicted octanol–water partition coefficient (Wildman–Crippen LogP) is 2.17. The van der Waals surface area contributed by atoms with Gasteiger partial charge in [-0.15, -0.1) is 0 Å². The molecule has 1 aromatic heterocycles. The quantitative estimate of drug-likeness (QED) is 0.855. The van der Waals surface area contributed by atoms with Crippen LogP contribution >= 0.6 is 0 Å². The van der Waals surface area contributed by atoms with E-state index in [0.717, 1.165) is 12.1 Å². The van der Waals surface area contributed by atoms with Gasteiger partial charge in [-0.05, 0) is 12.1 Å². The van der Waals surface area contributed by atoms with Crippen LogP contribution < -0.4 is 5.32 Å². The molecule has 0 aliphatic carbocycles. The molecule has 0 bridgehead atoms. The standard InChI is InChI=1S/C11H8F2N4/c12-10-1-7(3-14)2-11(13)9(10)6-15-8-4-16-17-5-8/h1-2,4-5,15H,6H2,(H,16,17). The minimum absolute atomic E-state index is 0.0110. The summed E-state index contributed by atoms with van der Waals surface area (Å²) >= 11 is 0. The Kier molecular flexibility index (Phi) is 3.01. The van der Waals surface area contributed by atoms with Crippen LogP contribution in [0, 0.1) is 23.0 Å². The number of benzene rings is 1. The Morgan fingerprint density at radius 2 is 2.06 bits per heavy atom. The summed E-state index contributed by atoms with van der Waals surface area (Å²) in [5.41, 5.74) is 0.491. The molecule has 0 radical (unpaired) electrons. The second kappa shape index (κ2) is 4.61. The summed E-state index contributed by atoms with van der Waals surface area (Å²) in [5, 5.41) is 17.6. The highest BCUT2D eigenvalue weighted by molar-refractivity contribution is 5.40. The van der Waals surface area contributed by atoms with E-state index in [0.29, 0.717) is 5.69 Å². The Balaban J connectivity index is 2.19. The van der Waals surface area contributed by atoms with Crippen LogP contribution in [0.1, 0.15) is 11.1 Å². The van der Waals surface area contributed by atoms with E-state index in [2.05, 4.69) is 15.5 Å². The highest BCUT2D eigenvalue weighted by Crippen LogP contribution is 2.16. The molecule has 0 fully saturated rings. The number of aromatic nitrogens is 2. The molecule has 1 aromatic carbocycles. The third-order valence-electron chi connectivity index (χ3n) is 2.24. The molecule has 0 saturated heterocycles. The monoisotopic (exact) mass is 234 g/mol. The van der Waals surface area contributed by atoms with Crippen LogP contribution in [-0.4, -0.2) is 10.2 Å². The van der Waals surface area contributed by atoms with E-state index in [1.54, 1.807) is 12.3 Å². The number of hydrogen-bond acceptors (Lipinski definition) is 3. The molecule has 0 spiro atoms. The van der Waals surface area contributed by atoms with Gasteiger partial charge in [0.15, 0.2) is 0 Å². The Bertz CT molecular complexity index is 534. The fourth-order valence-electron chi connectivity index (χ4n) is 1.37. The largest absolute Gasteiger partial charge is 0.378 e. The van der Waals surface area contributed by atoms with Gasteiger partial charge in [-0.2, -0.15) is 10.4 Å². The lowest BCUT2D eigenvalue weighted by molar-refractivity contribution is 0.559. The van der Waals surface area contributed by atoms with Crippen molar-refractivity contribution < 1.29 is 8.78 Å². The zero-order chi connectivity index (χ0) is 12.3. The third-order valence-corrected chi connectivity index (χ3v) is 2.24. The molecule has 4 nitrogen and oxygen atoms in total. The number of nitrogens with zero attached hydrogens (tertiary/aromatic N) is 2. The first kappa shape index (κ1) is 11.1. The van der Waals surface area contributed by atoms with E-state index in [4.69, 9.17) is 5.26 Å². The topological polar surface area (TPSA) is 64.5 Å². The van der Waals surface area contributed by atoms with Crippen LogP contribution in [0.15, 0.2) is 24.5 Å². The fraction of sp³-hybridized carbons (Fsp3) is 0.0909. The van der Waals surface area contributed by atoms with E-state index in [1.165, 1.54) is 6.20 Å². The molecule has 2 aromatic rings. The molecule has 0 aliphatic heterocycles. The summed E-state index contributed by atoms with van der Waals surface area (Å²) in [4.78, 5) is 0. The lowest BCUT2D eigenvalue weighted by Gasteiger charge is -2.06. The van der Waals surface area contributed by atoms with Crippen molar-refractivity contribution in [3.05, 3.63) is 47.3 Å². The minimum Gasteiger partial charge on any atom is -0.378 e. The Hall–Kier alpha value is -2.42. The fourth-order valence-corrected chi connectivity index (χ4v) is 1.37. The van der Waals surface area contributed by atoms with Crippen LogP contribution in [0.25, 0.3) is 0 Å². The van der Waals surface area contributed by atoms with Crippen molar-refractivity contribution in [2.45, 2.75) is 6.54 Å². The van der Waals surface area contributed by atoms with Gasteiger partial charge in [0, 0.05) is 18.3 Å². The Morgan fingerprint density at radius 1 is 1.35 bits per heavy atom. The van der Waals surface area contributed by atoms with Gasteiger partial charge in [0.05, 0.1) is 23.5 Å². The molecule has 17 heavy (non-hydrogen) atoms. The van der Waals surface area contributed by atoms with E-state index < -0.39 is 11.6 Å². The number of nitrogens with one attached hydrogen (secondary N) is 2. The zero-order valence-corrected chi connectivity index (χ0v) is 8.67. The van der Waals surface area contributed by atoms with Crippen LogP contribution in [0.5, 0.6) is 0 Å². The smallest absolute Gasteiger partial charge is 0.132 e. The molecular weight excluding hydrogens is 226 g/mol. The van der Waals surface area contributed by atoms with Gasteiger partial charge in [0.25, 0.3) is 0 Å². The maximum atomic E-state index is 13.5. The lowest BCUT2D eigenvalue weighted by Crippen LogP contribution is -2.04. The molecule has 0 saturated carbocycles. The van der Waals surface area contributed by atoms with Crippen molar-refractivity contribution in [1.29, 1.82) is 5.26 Å². The molecule has 2 rings (SSSR count). The summed E-state index contributed by atoms with van der Waals surface area (Å²) in [6.07, 6.45) is 3.07. The number of aromatic amines is 1. The first-order valence-corrected chi connectivity index (χ1v) is 4.81. The summed E-state index contributed by atoms with van der Waals surface area (Å²) in [5.74, 6) is -1.48. The average Bonchev–Trinajstić information content (AvgIpc) is 2.80. The third kappa shape index (κ3) is 2.39. The SMILES string of the molecule is N#Cc1cc(F)c(CNc2cn[nH]c2)c(F)c1. The predicted molar refractivity (Wildman–Crippen MR) is 57.0 cm³/mol. The van der Waals surface area contributed by atoms with Gasteiger partial charge in [-0.25, -0.2) is 8.78 Å². The second-order valence-corrected chi connectivity index (χ2v) is 3.37. The van der Waals surface area contributed by atoms with Crippen molar-refractivity contribution in [3.8, 4) is 6.07 Å². The highest BCUT2D eigenvalue weighted by atomic mass is 19.1. The molecule has 1 heterocycles. The summed E-state index contributed by atoms with van der Waals surface area (Å²) < 4.78 is 26.9. The maximum absolute atomic E-state index is 13.5. The Morgan fingerprint density at radius 3 is 2.59 bits per heavy atom. The van der Waals surface area contributed by atoms with E-state index in [-0.39, 0.29) is 17.7 Å². The Labute approximate surface area is 95.9 Å². The normalized spacial score (nSPS) is 9.94. The van der Waals surface area contributed by atoms with E-state index in [1.807, 2.05) is 0 Å². The number of H-pyrrole nitrogens is 1. The molecular formula is C11H8F2N4. The van der Waals surface area contributed by atoms with Crippen LogP contribution in [-0.2, 0) is 6.54 Å². The van der Waals surface area contributed by atoms with Crippen molar-refractivity contribution in [2.75, 3.05) is 5.32 Å². The highest BCUT2D eigenvalue weighted by Gasteiger charge is 2.11. The van der Waals surface area contributed by atoms with Crippen molar-refractivity contribution >= 4 is 5.69 Å². The average molecular weight is 234 g/mol. The molecule has 6 heteroatoms. The number of halogens is 2. The van der Waals surface area contributed by atoms with Crippen LogP contribution in [0.3, 0.4) is 0 Å². The van der Waals surface area contributed by atoms with E-state index in [9.17, 15) is 8.78 Å². The minimum atomic E-state index is -0.738. The van der Waals surface area contributed by atoms with Crippen molar-refractivity contribution in [1.82, 2.24) is 10.2 Å². The van der Waals surface area contributed by atoms with Gasteiger partial charge < -0.3 is 5.32 Å². The van der Waals surface area contributed by atoms with Crippen LogP contribution in [0.2, 0.25) is 0 Å². The molecule has 2 N–H and O–H groups in total. The number of hydrogen-bond donors (Lipinski definition) is 2. The van der Waals surface area contributed by atoms with E-state index >= 15 is 0 Å². The summed E-state index contributed by atoms with van der Waals surface area (Å²) in [6, 6.07) is 3.71. The first-order chi connectivity index (χ1) is 8.20. The second-order valence-electron chi connectivity index (χ2n) is 3.37. The number of anilines is 1. The first-order valence-electron chi connectivity index (χ1n) is 4.81. The summed E-state index contributed by atoms with van der Waals surface area (Å²) in [6.45, 7) is -0.0110. The lowest BCUT2D eigenvalue weighted by atomic mass is 10.1. The van der Waals surface area contributed by atoms with Gasteiger partial charge in [0.2, 0.25) is 0 Å². The molecule has 0 aliphatic rings. The maximum Gasteiger partial charge on any atom is 0.132 e. The van der Waals surface area contributed by atoms with Gasteiger partial charge in [0.1, 0.15) is 11.6 Å². The van der Waals surface area contributed by atoms with Gasteiger partial charge in [-0.3, -0.25) is 5.10 Å². The number of nitriles is 1. The molecule has 0 atom stereocenters. The van der Waals surface area contributed by atoms with Crippen molar-refractivity contribution in [3.63, 3.8) is 0 Å². The van der Waals surface area contributed by atoms with Gasteiger partial charge in [-0.1, -0.05) is 0 Å². The molecule has 86 valence electrons. The van der Waals surface area contributed by atoms with Crippen LogP contribution in [0.4, 0.5) is 14.5 Å². The zero-order valence-electron chi connectivity index (χ0n) is 8.67. The van der Waals surface area contributed by atoms with Crippen molar-refractivity contribution in [2.24, 2.45) is 0 Å². The van der Waals surface area contributed by atoms with Gasteiger partial charge >= 0.3 is 0 Å². The number of rotatable bonds is 3. The molecule has 0 unspecified atom stereocenters. The molecule has 0 amide bonds.